The molecule has 68 valence electrons. The van der Waals surface area contributed by atoms with Gasteiger partial charge in [-0.05, 0) is 36.5 Å². The van der Waals surface area contributed by atoms with Gasteiger partial charge in [0.05, 0.1) is 0 Å². The van der Waals surface area contributed by atoms with E-state index >= 15 is 0 Å². The Hall–Kier alpha value is -0.890. The third-order valence-electron chi connectivity index (χ3n) is 3.54. The molecule has 1 atom stereocenters. The molecule has 1 unspecified atom stereocenters. The highest BCUT2D eigenvalue weighted by Gasteiger charge is 2.55. The van der Waals surface area contributed by atoms with Crippen LogP contribution in [-0.4, -0.2) is 6.04 Å². The van der Waals surface area contributed by atoms with Gasteiger partial charge in [-0.25, -0.2) is 4.39 Å². The highest BCUT2D eigenvalue weighted by Crippen LogP contribution is 2.56. The standard InChI is InChI=1S/C11H12FN/c12-8-3-1-2-7-6-9(13)11(4-5-11)10(7)8/h1-3,9H,4-6,13H2. The maximum Gasteiger partial charge on any atom is 0.127 e. The van der Waals surface area contributed by atoms with E-state index in [0.29, 0.717) is 0 Å². The topological polar surface area (TPSA) is 26.0 Å². The van der Waals surface area contributed by atoms with Crippen LogP contribution in [0.5, 0.6) is 0 Å². The number of nitrogens with two attached hydrogens (primary N) is 1. The van der Waals surface area contributed by atoms with Crippen molar-refractivity contribution in [2.75, 3.05) is 0 Å². The Labute approximate surface area is 76.7 Å². The molecule has 0 bridgehead atoms. The van der Waals surface area contributed by atoms with Crippen molar-refractivity contribution in [2.45, 2.75) is 30.7 Å². The van der Waals surface area contributed by atoms with Crippen LogP contribution in [0.4, 0.5) is 4.39 Å². The molecular formula is C11H12FN. The minimum Gasteiger partial charge on any atom is -0.327 e. The maximum absolute atomic E-state index is 13.5. The van der Waals surface area contributed by atoms with Gasteiger partial charge in [0.25, 0.3) is 0 Å². The SMILES string of the molecule is NC1Cc2cccc(F)c2C12CC2. The first kappa shape index (κ1) is 7.51. The summed E-state index contributed by atoms with van der Waals surface area (Å²) in [6, 6.07) is 5.49. The van der Waals surface area contributed by atoms with E-state index in [4.69, 9.17) is 5.73 Å². The van der Waals surface area contributed by atoms with Crippen LogP contribution < -0.4 is 5.73 Å². The number of fused-ring (bicyclic) bond motifs is 2. The molecule has 1 fully saturated rings. The number of rotatable bonds is 0. The molecule has 0 radical (unpaired) electrons. The normalized spacial score (nSPS) is 27.7. The molecular weight excluding hydrogens is 165 g/mol. The number of halogens is 1. The summed E-state index contributed by atoms with van der Waals surface area (Å²) in [5.74, 6) is -0.0528. The van der Waals surface area contributed by atoms with Crippen molar-refractivity contribution in [1.29, 1.82) is 0 Å². The monoisotopic (exact) mass is 177 g/mol. The van der Waals surface area contributed by atoms with Crippen LogP contribution in [0.25, 0.3) is 0 Å². The van der Waals surface area contributed by atoms with Crippen LogP contribution >= 0.6 is 0 Å². The Morgan fingerprint density at radius 2 is 2.15 bits per heavy atom. The van der Waals surface area contributed by atoms with Gasteiger partial charge in [-0.1, -0.05) is 12.1 Å². The third kappa shape index (κ3) is 0.792. The lowest BCUT2D eigenvalue weighted by molar-refractivity contribution is 0.529. The van der Waals surface area contributed by atoms with Crippen molar-refractivity contribution >= 4 is 0 Å². The van der Waals surface area contributed by atoms with E-state index in [1.807, 2.05) is 6.07 Å². The fourth-order valence-corrected chi connectivity index (χ4v) is 2.67. The van der Waals surface area contributed by atoms with Crippen molar-refractivity contribution in [3.05, 3.63) is 35.1 Å². The van der Waals surface area contributed by atoms with E-state index in [-0.39, 0.29) is 17.3 Å². The summed E-state index contributed by atoms with van der Waals surface area (Å²) >= 11 is 0. The van der Waals surface area contributed by atoms with Gasteiger partial charge >= 0.3 is 0 Å². The van der Waals surface area contributed by atoms with Crippen LogP contribution in [0.2, 0.25) is 0 Å². The van der Waals surface area contributed by atoms with Crippen molar-refractivity contribution in [1.82, 2.24) is 0 Å². The molecule has 0 heterocycles. The van der Waals surface area contributed by atoms with Crippen molar-refractivity contribution < 1.29 is 4.39 Å². The van der Waals surface area contributed by atoms with E-state index in [1.165, 1.54) is 0 Å². The quantitative estimate of drug-likeness (QED) is 0.641. The first-order chi connectivity index (χ1) is 6.24. The zero-order valence-corrected chi connectivity index (χ0v) is 7.39. The largest absolute Gasteiger partial charge is 0.327 e. The molecule has 1 aromatic carbocycles. The molecule has 1 spiro atoms. The fourth-order valence-electron chi connectivity index (χ4n) is 2.67. The van der Waals surface area contributed by atoms with Crippen LogP contribution in [0.15, 0.2) is 18.2 Å². The van der Waals surface area contributed by atoms with Crippen LogP contribution in [0.3, 0.4) is 0 Å². The van der Waals surface area contributed by atoms with Gasteiger partial charge in [0.1, 0.15) is 5.82 Å². The minimum atomic E-state index is -0.0528. The molecule has 2 aliphatic carbocycles. The van der Waals surface area contributed by atoms with E-state index < -0.39 is 0 Å². The molecule has 2 N–H and O–H groups in total. The molecule has 0 aromatic heterocycles. The highest BCUT2D eigenvalue weighted by molar-refractivity contribution is 5.47. The Morgan fingerprint density at radius 1 is 1.38 bits per heavy atom. The van der Waals surface area contributed by atoms with E-state index in [2.05, 4.69) is 0 Å². The average molecular weight is 177 g/mol. The smallest absolute Gasteiger partial charge is 0.127 e. The zero-order chi connectivity index (χ0) is 9.05. The number of benzene rings is 1. The number of hydrogen-bond acceptors (Lipinski definition) is 1. The summed E-state index contributed by atoms with van der Waals surface area (Å²) in [5, 5.41) is 0. The van der Waals surface area contributed by atoms with Gasteiger partial charge in [-0.15, -0.1) is 0 Å². The summed E-state index contributed by atoms with van der Waals surface area (Å²) in [6.45, 7) is 0. The summed E-state index contributed by atoms with van der Waals surface area (Å²) in [5.41, 5.74) is 8.10. The summed E-state index contributed by atoms with van der Waals surface area (Å²) < 4.78 is 13.5. The molecule has 1 nitrogen and oxygen atoms in total. The van der Waals surface area contributed by atoms with Crippen LogP contribution in [-0.2, 0) is 11.8 Å². The second-order valence-corrected chi connectivity index (χ2v) is 4.24. The summed E-state index contributed by atoms with van der Waals surface area (Å²) in [6.07, 6.45) is 3.00. The Balaban J connectivity index is 2.24. The van der Waals surface area contributed by atoms with Gasteiger partial charge < -0.3 is 5.73 Å². The fraction of sp³-hybridized carbons (Fsp3) is 0.455. The van der Waals surface area contributed by atoms with Gasteiger partial charge in [-0.3, -0.25) is 0 Å². The lowest BCUT2D eigenvalue weighted by Crippen LogP contribution is -2.31. The molecule has 0 saturated heterocycles. The lowest BCUT2D eigenvalue weighted by atomic mass is 9.95. The molecule has 1 saturated carbocycles. The van der Waals surface area contributed by atoms with E-state index in [9.17, 15) is 4.39 Å². The maximum atomic E-state index is 13.5. The van der Waals surface area contributed by atoms with E-state index in [0.717, 1.165) is 30.4 Å². The van der Waals surface area contributed by atoms with Gasteiger partial charge in [0.2, 0.25) is 0 Å². The molecule has 2 heteroatoms. The zero-order valence-electron chi connectivity index (χ0n) is 7.39. The van der Waals surface area contributed by atoms with Gasteiger partial charge in [0.15, 0.2) is 0 Å². The summed E-state index contributed by atoms with van der Waals surface area (Å²) in [4.78, 5) is 0. The first-order valence-electron chi connectivity index (χ1n) is 4.77. The molecule has 1 aromatic rings. The van der Waals surface area contributed by atoms with E-state index in [1.54, 1.807) is 12.1 Å². The summed E-state index contributed by atoms with van der Waals surface area (Å²) in [7, 11) is 0. The first-order valence-corrected chi connectivity index (χ1v) is 4.77. The van der Waals surface area contributed by atoms with Gasteiger partial charge in [0, 0.05) is 11.5 Å². The van der Waals surface area contributed by atoms with Crippen LogP contribution in [0.1, 0.15) is 24.0 Å². The third-order valence-corrected chi connectivity index (χ3v) is 3.54. The Bertz CT molecular complexity index is 368. The van der Waals surface area contributed by atoms with Crippen molar-refractivity contribution in [3.63, 3.8) is 0 Å². The Morgan fingerprint density at radius 3 is 2.85 bits per heavy atom. The van der Waals surface area contributed by atoms with Crippen molar-refractivity contribution in [3.8, 4) is 0 Å². The van der Waals surface area contributed by atoms with Crippen molar-refractivity contribution in [2.24, 2.45) is 5.73 Å². The molecule has 0 aliphatic heterocycles. The van der Waals surface area contributed by atoms with Crippen LogP contribution in [0, 0.1) is 5.82 Å². The molecule has 0 amide bonds. The average Bonchev–Trinajstić information content (AvgIpc) is 2.79. The number of hydrogen-bond donors (Lipinski definition) is 1. The minimum absolute atomic E-state index is 0.0284. The Kier molecular flexibility index (Phi) is 1.23. The predicted molar refractivity (Wildman–Crippen MR) is 49.0 cm³/mol. The molecule has 2 aliphatic rings. The highest BCUT2D eigenvalue weighted by atomic mass is 19.1. The lowest BCUT2D eigenvalue weighted by Gasteiger charge is -2.14. The predicted octanol–water partition coefficient (Wildman–Crippen LogP) is 1.74. The second-order valence-electron chi connectivity index (χ2n) is 4.24. The second kappa shape index (κ2) is 2.13. The molecule has 3 rings (SSSR count). The van der Waals surface area contributed by atoms with Gasteiger partial charge in [-0.2, -0.15) is 0 Å². The molecule has 13 heavy (non-hydrogen) atoms.